The molecular weight excluding hydrogens is 160 g/mol. The topological polar surface area (TPSA) is 27.8 Å². The molecule has 0 bridgehead atoms. The normalized spacial score (nSPS) is 9.15. The van der Waals surface area contributed by atoms with Gasteiger partial charge >= 0.3 is 0 Å². The maximum absolute atomic E-state index is 3.15. The van der Waals surface area contributed by atoms with Crippen molar-refractivity contribution in [3.05, 3.63) is 30.5 Å². The summed E-state index contributed by atoms with van der Waals surface area (Å²) in [6, 6.07) is 8.32. The smallest absolute Gasteiger partial charge is 0.0474 e. The minimum atomic E-state index is 1.14. The van der Waals surface area contributed by atoms with Crippen LogP contribution in [0.5, 0.6) is 0 Å². The molecule has 0 aliphatic heterocycles. The van der Waals surface area contributed by atoms with Crippen molar-refractivity contribution in [3.63, 3.8) is 0 Å². The number of anilines is 1. The molecule has 0 spiro atoms. The Balaban J connectivity index is 0.000000396. The zero-order valence-electron chi connectivity index (χ0n) is 8.39. The Morgan fingerprint density at radius 2 is 1.92 bits per heavy atom. The molecule has 0 radical (unpaired) electrons. The molecule has 2 N–H and O–H groups in total. The van der Waals surface area contributed by atoms with Crippen LogP contribution in [0.1, 0.15) is 13.8 Å². The summed E-state index contributed by atoms with van der Waals surface area (Å²) >= 11 is 0. The second kappa shape index (κ2) is 4.55. The fraction of sp³-hybridized carbons (Fsp3) is 0.273. The molecule has 0 amide bonds. The van der Waals surface area contributed by atoms with Crippen LogP contribution in [0.25, 0.3) is 10.9 Å². The standard InChI is InChI=1S/C9H10N2.C2H6/c1-10-8-3-2-7-4-5-11-9(7)6-8;1-2/h2-6,10-11H,1H3;1-2H3. The number of nitrogens with one attached hydrogen (secondary N) is 2. The lowest BCUT2D eigenvalue weighted by Gasteiger charge is -1.97. The fourth-order valence-electron chi connectivity index (χ4n) is 1.20. The lowest BCUT2D eigenvalue weighted by atomic mass is 10.2. The van der Waals surface area contributed by atoms with Gasteiger partial charge in [-0.1, -0.05) is 19.9 Å². The first-order valence-corrected chi connectivity index (χ1v) is 4.65. The summed E-state index contributed by atoms with van der Waals surface area (Å²) in [5, 5.41) is 4.34. The van der Waals surface area contributed by atoms with Crippen molar-refractivity contribution in [1.29, 1.82) is 0 Å². The van der Waals surface area contributed by atoms with E-state index in [9.17, 15) is 0 Å². The number of aromatic nitrogens is 1. The fourth-order valence-corrected chi connectivity index (χ4v) is 1.20. The molecule has 0 aliphatic carbocycles. The second-order valence-corrected chi connectivity index (χ2v) is 2.53. The van der Waals surface area contributed by atoms with Crippen molar-refractivity contribution in [1.82, 2.24) is 4.98 Å². The summed E-state index contributed by atoms with van der Waals surface area (Å²) in [6.45, 7) is 4.00. The Kier molecular flexibility index (Phi) is 3.38. The predicted molar refractivity (Wildman–Crippen MR) is 59.2 cm³/mol. The van der Waals surface area contributed by atoms with Gasteiger partial charge in [-0.05, 0) is 23.6 Å². The van der Waals surface area contributed by atoms with Gasteiger partial charge in [0.25, 0.3) is 0 Å². The Morgan fingerprint density at radius 1 is 1.15 bits per heavy atom. The van der Waals surface area contributed by atoms with Gasteiger partial charge in [-0.2, -0.15) is 0 Å². The van der Waals surface area contributed by atoms with E-state index >= 15 is 0 Å². The number of aromatic amines is 1. The van der Waals surface area contributed by atoms with Crippen molar-refractivity contribution >= 4 is 16.6 Å². The first kappa shape index (κ1) is 9.65. The van der Waals surface area contributed by atoms with E-state index in [2.05, 4.69) is 34.6 Å². The van der Waals surface area contributed by atoms with E-state index in [0.29, 0.717) is 0 Å². The average molecular weight is 176 g/mol. The summed E-state index contributed by atoms with van der Waals surface area (Å²) in [5.74, 6) is 0. The third-order valence-corrected chi connectivity index (χ3v) is 1.84. The molecule has 1 aromatic heterocycles. The van der Waals surface area contributed by atoms with E-state index in [1.165, 1.54) is 10.9 Å². The first-order chi connectivity index (χ1) is 6.40. The van der Waals surface area contributed by atoms with Gasteiger partial charge < -0.3 is 10.3 Å². The average Bonchev–Trinajstić information content (AvgIpc) is 2.67. The van der Waals surface area contributed by atoms with Gasteiger partial charge in [-0.25, -0.2) is 0 Å². The molecule has 1 aromatic carbocycles. The number of H-pyrrole nitrogens is 1. The Labute approximate surface area is 79.0 Å². The van der Waals surface area contributed by atoms with E-state index < -0.39 is 0 Å². The van der Waals surface area contributed by atoms with Gasteiger partial charge in [0, 0.05) is 24.4 Å². The summed E-state index contributed by atoms with van der Waals surface area (Å²) in [5.41, 5.74) is 2.32. The SMILES string of the molecule is CC.CNc1ccc2cc[nH]c2c1. The van der Waals surface area contributed by atoms with Crippen LogP contribution >= 0.6 is 0 Å². The maximum atomic E-state index is 3.15. The van der Waals surface area contributed by atoms with E-state index in [1.807, 2.05) is 27.1 Å². The predicted octanol–water partition coefficient (Wildman–Crippen LogP) is 3.24. The largest absolute Gasteiger partial charge is 0.388 e. The molecule has 2 rings (SSSR count). The molecule has 0 fully saturated rings. The quantitative estimate of drug-likeness (QED) is 0.686. The maximum Gasteiger partial charge on any atom is 0.0474 e. The summed E-state index contributed by atoms with van der Waals surface area (Å²) < 4.78 is 0. The molecule has 2 nitrogen and oxygen atoms in total. The van der Waals surface area contributed by atoms with Crippen LogP contribution in [-0.2, 0) is 0 Å². The molecule has 13 heavy (non-hydrogen) atoms. The van der Waals surface area contributed by atoms with Crippen LogP contribution in [-0.4, -0.2) is 12.0 Å². The zero-order chi connectivity index (χ0) is 9.68. The molecule has 70 valence electrons. The first-order valence-electron chi connectivity index (χ1n) is 4.65. The van der Waals surface area contributed by atoms with Gasteiger partial charge in [0.05, 0.1) is 0 Å². The number of rotatable bonds is 1. The summed E-state index contributed by atoms with van der Waals surface area (Å²) in [7, 11) is 1.92. The van der Waals surface area contributed by atoms with Crippen molar-refractivity contribution in [2.24, 2.45) is 0 Å². The van der Waals surface area contributed by atoms with Gasteiger partial charge in [0.15, 0.2) is 0 Å². The van der Waals surface area contributed by atoms with Crippen LogP contribution in [0.2, 0.25) is 0 Å². The van der Waals surface area contributed by atoms with Crippen LogP contribution in [0.3, 0.4) is 0 Å². The Morgan fingerprint density at radius 3 is 2.62 bits per heavy atom. The van der Waals surface area contributed by atoms with Crippen molar-refractivity contribution in [2.45, 2.75) is 13.8 Å². The second-order valence-electron chi connectivity index (χ2n) is 2.53. The lowest BCUT2D eigenvalue weighted by Crippen LogP contribution is -1.85. The van der Waals surface area contributed by atoms with Crippen LogP contribution < -0.4 is 5.32 Å². The zero-order valence-corrected chi connectivity index (χ0v) is 8.39. The third-order valence-electron chi connectivity index (χ3n) is 1.84. The number of hydrogen-bond donors (Lipinski definition) is 2. The molecule has 0 atom stereocenters. The van der Waals surface area contributed by atoms with Crippen molar-refractivity contribution < 1.29 is 0 Å². The highest BCUT2D eigenvalue weighted by atomic mass is 14.8. The van der Waals surface area contributed by atoms with E-state index in [0.717, 1.165) is 5.69 Å². The molecular formula is C11H16N2. The van der Waals surface area contributed by atoms with E-state index in [1.54, 1.807) is 0 Å². The number of fused-ring (bicyclic) bond motifs is 1. The monoisotopic (exact) mass is 176 g/mol. The summed E-state index contributed by atoms with van der Waals surface area (Å²) in [4.78, 5) is 3.15. The molecule has 0 unspecified atom stereocenters. The highest BCUT2D eigenvalue weighted by Crippen LogP contribution is 2.16. The highest BCUT2D eigenvalue weighted by molar-refractivity contribution is 5.82. The van der Waals surface area contributed by atoms with Crippen LogP contribution in [0.4, 0.5) is 5.69 Å². The Bertz CT molecular complexity index is 363. The van der Waals surface area contributed by atoms with E-state index in [4.69, 9.17) is 0 Å². The molecule has 1 heterocycles. The van der Waals surface area contributed by atoms with Crippen molar-refractivity contribution in [3.8, 4) is 0 Å². The molecule has 0 saturated carbocycles. The van der Waals surface area contributed by atoms with E-state index in [-0.39, 0.29) is 0 Å². The third kappa shape index (κ3) is 2.02. The van der Waals surface area contributed by atoms with Crippen LogP contribution in [0.15, 0.2) is 30.5 Å². The molecule has 2 aromatic rings. The van der Waals surface area contributed by atoms with Gasteiger partial charge in [-0.15, -0.1) is 0 Å². The minimum absolute atomic E-state index is 1.14. The lowest BCUT2D eigenvalue weighted by molar-refractivity contribution is 1.46. The number of benzene rings is 1. The van der Waals surface area contributed by atoms with Crippen molar-refractivity contribution in [2.75, 3.05) is 12.4 Å². The summed E-state index contributed by atoms with van der Waals surface area (Å²) in [6.07, 6.45) is 1.95. The van der Waals surface area contributed by atoms with Crippen LogP contribution in [0, 0.1) is 0 Å². The van der Waals surface area contributed by atoms with Gasteiger partial charge in [-0.3, -0.25) is 0 Å². The Hall–Kier alpha value is -1.44. The minimum Gasteiger partial charge on any atom is -0.388 e. The van der Waals surface area contributed by atoms with Gasteiger partial charge in [0.2, 0.25) is 0 Å². The molecule has 0 aliphatic rings. The highest BCUT2D eigenvalue weighted by Gasteiger charge is 1.93. The van der Waals surface area contributed by atoms with Gasteiger partial charge in [0.1, 0.15) is 0 Å². The molecule has 0 saturated heterocycles. The number of hydrogen-bond acceptors (Lipinski definition) is 1. The molecule has 2 heteroatoms.